The molecular weight excluding hydrogens is 424 g/mol. The predicted octanol–water partition coefficient (Wildman–Crippen LogP) is 4.81. The van der Waals surface area contributed by atoms with Gasteiger partial charge in [0, 0.05) is 18.1 Å². The molecular formula is C21H25ClN4O3S. The Hall–Kier alpha value is -1.90. The van der Waals surface area contributed by atoms with Crippen molar-refractivity contribution < 1.29 is 9.26 Å². The highest BCUT2D eigenvalue weighted by molar-refractivity contribution is 7.99. The largest absolute Gasteiger partial charge is 0.376 e. The predicted molar refractivity (Wildman–Crippen MR) is 117 cm³/mol. The van der Waals surface area contributed by atoms with E-state index < -0.39 is 0 Å². The van der Waals surface area contributed by atoms with Crippen LogP contribution in [0.3, 0.4) is 0 Å². The van der Waals surface area contributed by atoms with Crippen LogP contribution in [0, 0.1) is 0 Å². The van der Waals surface area contributed by atoms with E-state index >= 15 is 0 Å². The van der Waals surface area contributed by atoms with E-state index in [4.69, 9.17) is 25.8 Å². The molecule has 4 rings (SSSR count). The monoisotopic (exact) mass is 448 g/mol. The number of hydrogen-bond acceptors (Lipinski definition) is 7. The molecule has 1 aliphatic rings. The Kier molecular flexibility index (Phi) is 6.75. The fourth-order valence-corrected chi connectivity index (χ4v) is 4.61. The average molecular weight is 449 g/mol. The fraction of sp³-hybridized carbons (Fsp3) is 0.524. The van der Waals surface area contributed by atoms with E-state index in [0.717, 1.165) is 38.7 Å². The Labute approximate surface area is 184 Å². The van der Waals surface area contributed by atoms with Crippen LogP contribution in [0.25, 0.3) is 10.9 Å². The van der Waals surface area contributed by atoms with Gasteiger partial charge in [-0.25, -0.2) is 4.98 Å². The Balaban J connectivity index is 1.66. The third-order valence-corrected chi connectivity index (χ3v) is 6.47. The smallest absolute Gasteiger partial charge is 0.262 e. The lowest BCUT2D eigenvalue weighted by atomic mass is 10.2. The minimum Gasteiger partial charge on any atom is -0.376 e. The molecule has 30 heavy (non-hydrogen) atoms. The van der Waals surface area contributed by atoms with Crippen LogP contribution in [0.2, 0.25) is 5.02 Å². The van der Waals surface area contributed by atoms with Crippen LogP contribution < -0.4 is 5.56 Å². The second kappa shape index (κ2) is 9.49. The van der Waals surface area contributed by atoms with Gasteiger partial charge in [-0.05, 0) is 44.4 Å². The Morgan fingerprint density at radius 3 is 3.00 bits per heavy atom. The number of thioether (sulfide) groups is 1. The van der Waals surface area contributed by atoms with Crippen LogP contribution in [0.15, 0.2) is 32.7 Å². The summed E-state index contributed by atoms with van der Waals surface area (Å²) in [6.07, 6.45) is 4.87. The SMILES string of the molecule is CCCCc1noc([C@H](C)Sc2nc3cc(Cl)ccc3c(=O)n2C[C@H]2CCCO2)n1. The van der Waals surface area contributed by atoms with Crippen molar-refractivity contribution in [1.82, 2.24) is 19.7 Å². The number of aryl methyl sites for hydroxylation is 1. The zero-order chi connectivity index (χ0) is 21.1. The van der Waals surface area contributed by atoms with Crippen molar-refractivity contribution in [3.63, 3.8) is 0 Å². The van der Waals surface area contributed by atoms with Gasteiger partial charge < -0.3 is 9.26 Å². The number of hydrogen-bond donors (Lipinski definition) is 0. The third kappa shape index (κ3) is 4.71. The van der Waals surface area contributed by atoms with E-state index in [9.17, 15) is 4.79 Å². The van der Waals surface area contributed by atoms with Crippen LogP contribution in [0.5, 0.6) is 0 Å². The molecule has 1 fully saturated rings. The van der Waals surface area contributed by atoms with Crippen molar-refractivity contribution in [2.45, 2.75) is 69.0 Å². The number of benzene rings is 1. The number of fused-ring (bicyclic) bond motifs is 1. The molecule has 2 aromatic heterocycles. The number of unbranched alkanes of at least 4 members (excludes halogenated alkanes) is 1. The summed E-state index contributed by atoms with van der Waals surface area (Å²) in [5, 5.41) is 5.63. The molecule has 0 saturated carbocycles. The molecule has 0 spiro atoms. The van der Waals surface area contributed by atoms with Crippen molar-refractivity contribution in [2.24, 2.45) is 0 Å². The van der Waals surface area contributed by atoms with E-state index in [2.05, 4.69) is 17.1 Å². The summed E-state index contributed by atoms with van der Waals surface area (Å²) in [7, 11) is 0. The molecule has 160 valence electrons. The lowest BCUT2D eigenvalue weighted by Crippen LogP contribution is -2.29. The van der Waals surface area contributed by atoms with Crippen molar-refractivity contribution >= 4 is 34.3 Å². The summed E-state index contributed by atoms with van der Waals surface area (Å²) in [5.41, 5.74) is 0.496. The summed E-state index contributed by atoms with van der Waals surface area (Å²) in [5.74, 6) is 1.25. The molecule has 1 aliphatic heterocycles. The van der Waals surface area contributed by atoms with Crippen LogP contribution in [-0.2, 0) is 17.7 Å². The Bertz CT molecular complexity index is 1080. The summed E-state index contributed by atoms with van der Waals surface area (Å²) >= 11 is 7.57. The number of halogens is 1. The summed E-state index contributed by atoms with van der Waals surface area (Å²) in [6, 6.07) is 5.17. The number of rotatable bonds is 8. The van der Waals surface area contributed by atoms with Gasteiger partial charge in [-0.15, -0.1) is 0 Å². The fourth-order valence-electron chi connectivity index (χ4n) is 3.49. The average Bonchev–Trinajstić information content (AvgIpc) is 3.41. The van der Waals surface area contributed by atoms with Gasteiger partial charge in [-0.1, -0.05) is 41.9 Å². The molecule has 3 aromatic rings. The van der Waals surface area contributed by atoms with Gasteiger partial charge >= 0.3 is 0 Å². The van der Waals surface area contributed by atoms with Gasteiger partial charge in [0.2, 0.25) is 5.89 Å². The molecule has 3 heterocycles. The molecule has 0 unspecified atom stereocenters. The number of aromatic nitrogens is 4. The topological polar surface area (TPSA) is 83.0 Å². The second-order valence-corrected chi connectivity index (χ2v) is 9.26. The zero-order valence-electron chi connectivity index (χ0n) is 17.1. The lowest BCUT2D eigenvalue weighted by Gasteiger charge is -2.17. The molecule has 0 N–H and O–H groups in total. The number of nitrogens with zero attached hydrogens (tertiary/aromatic N) is 4. The highest BCUT2D eigenvalue weighted by atomic mass is 35.5. The van der Waals surface area contributed by atoms with Gasteiger partial charge in [0.1, 0.15) is 0 Å². The van der Waals surface area contributed by atoms with Crippen molar-refractivity contribution in [2.75, 3.05) is 6.61 Å². The maximum atomic E-state index is 13.2. The third-order valence-electron chi connectivity index (χ3n) is 5.16. The van der Waals surface area contributed by atoms with Crippen LogP contribution >= 0.6 is 23.4 Å². The van der Waals surface area contributed by atoms with E-state index in [1.165, 1.54) is 11.8 Å². The molecule has 0 bridgehead atoms. The first-order chi connectivity index (χ1) is 14.5. The van der Waals surface area contributed by atoms with E-state index in [1.54, 1.807) is 22.8 Å². The first-order valence-corrected chi connectivity index (χ1v) is 11.6. The zero-order valence-corrected chi connectivity index (χ0v) is 18.7. The van der Waals surface area contributed by atoms with Crippen molar-refractivity contribution in [3.05, 3.63) is 45.3 Å². The molecule has 0 amide bonds. The summed E-state index contributed by atoms with van der Waals surface area (Å²) in [4.78, 5) is 22.5. The van der Waals surface area contributed by atoms with Crippen LogP contribution in [0.1, 0.15) is 56.5 Å². The minimum atomic E-state index is -0.146. The van der Waals surface area contributed by atoms with Crippen LogP contribution in [-0.4, -0.2) is 32.4 Å². The quantitative estimate of drug-likeness (QED) is 0.361. The van der Waals surface area contributed by atoms with Gasteiger partial charge in [0.25, 0.3) is 5.56 Å². The standard InChI is InChI=1S/C21H25ClN4O3S/c1-3-4-7-18-24-19(29-25-18)13(2)30-21-23-17-11-14(22)8-9-16(17)20(27)26(21)12-15-6-5-10-28-15/h8-9,11,13,15H,3-7,10,12H2,1-2H3/t13-,15+/m0/s1. The molecule has 2 atom stereocenters. The molecule has 7 nitrogen and oxygen atoms in total. The van der Waals surface area contributed by atoms with E-state index in [-0.39, 0.29) is 16.9 Å². The van der Waals surface area contributed by atoms with Gasteiger partial charge in [-0.3, -0.25) is 9.36 Å². The summed E-state index contributed by atoms with van der Waals surface area (Å²) < 4.78 is 12.9. The maximum absolute atomic E-state index is 13.2. The first-order valence-electron chi connectivity index (χ1n) is 10.4. The minimum absolute atomic E-state index is 0.0213. The van der Waals surface area contributed by atoms with E-state index in [0.29, 0.717) is 39.3 Å². The summed E-state index contributed by atoms with van der Waals surface area (Å²) in [6.45, 7) is 5.32. The molecule has 1 aromatic carbocycles. The Morgan fingerprint density at radius 1 is 1.37 bits per heavy atom. The second-order valence-electron chi connectivity index (χ2n) is 7.52. The highest BCUT2D eigenvalue weighted by Crippen LogP contribution is 2.33. The Morgan fingerprint density at radius 2 is 2.23 bits per heavy atom. The maximum Gasteiger partial charge on any atom is 0.262 e. The molecule has 1 saturated heterocycles. The van der Waals surface area contributed by atoms with Gasteiger partial charge in [0.05, 0.1) is 28.8 Å². The molecule has 9 heteroatoms. The van der Waals surface area contributed by atoms with Gasteiger partial charge in [0.15, 0.2) is 11.0 Å². The molecule has 0 aliphatic carbocycles. The van der Waals surface area contributed by atoms with E-state index in [1.807, 2.05) is 6.92 Å². The van der Waals surface area contributed by atoms with Crippen molar-refractivity contribution in [1.29, 1.82) is 0 Å². The van der Waals surface area contributed by atoms with Crippen LogP contribution in [0.4, 0.5) is 0 Å². The highest BCUT2D eigenvalue weighted by Gasteiger charge is 2.23. The van der Waals surface area contributed by atoms with Gasteiger partial charge in [-0.2, -0.15) is 4.98 Å². The molecule has 0 radical (unpaired) electrons. The number of ether oxygens (including phenoxy) is 1. The van der Waals surface area contributed by atoms with Crippen molar-refractivity contribution in [3.8, 4) is 0 Å². The normalized spacial score (nSPS) is 17.6. The first kappa shape index (κ1) is 21.3. The lowest BCUT2D eigenvalue weighted by molar-refractivity contribution is 0.0937.